The molecule has 0 aliphatic carbocycles. The molecule has 3 rings (SSSR count). The van der Waals surface area contributed by atoms with E-state index in [2.05, 4.69) is 5.10 Å². The Hall–Kier alpha value is -2.54. The van der Waals surface area contributed by atoms with Crippen LogP contribution in [0.3, 0.4) is 0 Å². The van der Waals surface area contributed by atoms with Gasteiger partial charge in [-0.1, -0.05) is 12.1 Å². The number of methoxy groups -OCH3 is 1. The Morgan fingerprint density at radius 1 is 1.08 bits per heavy atom. The molecule has 1 atom stereocenters. The third kappa shape index (κ3) is 3.61. The smallest absolute Gasteiger partial charge is 0.282 e. The average Bonchev–Trinajstić information content (AvgIpc) is 3.07. The maximum Gasteiger partial charge on any atom is 0.282 e. The number of aromatic nitrogens is 2. The third-order valence-corrected chi connectivity index (χ3v) is 4.69. The van der Waals surface area contributed by atoms with Gasteiger partial charge in [0.25, 0.3) is 6.43 Å². The maximum atomic E-state index is 13.1. The molecule has 0 spiro atoms. The van der Waals surface area contributed by atoms with Gasteiger partial charge in [0.1, 0.15) is 11.4 Å². The molecule has 7 heteroatoms. The van der Waals surface area contributed by atoms with Crippen molar-refractivity contribution in [1.82, 2.24) is 9.78 Å². The summed E-state index contributed by atoms with van der Waals surface area (Å²) in [6.07, 6.45) is -1.08. The fraction of sp³-hybridized carbons (Fsp3) is 0.167. The van der Waals surface area contributed by atoms with Crippen LogP contribution in [0, 0.1) is 0 Å². The third-order valence-electron chi connectivity index (χ3n) is 3.75. The topological polar surface area (TPSA) is 44.1 Å². The van der Waals surface area contributed by atoms with Crippen LogP contribution in [0.2, 0.25) is 0 Å². The van der Waals surface area contributed by atoms with Crippen LogP contribution in [0.15, 0.2) is 59.5 Å². The minimum atomic E-state index is -2.67. The van der Waals surface area contributed by atoms with E-state index in [1.165, 1.54) is 10.7 Å². The monoisotopic (exact) mass is 362 g/mol. The highest BCUT2D eigenvalue weighted by atomic mass is 32.2. The molecular formula is C18H16F2N2O2S. The Labute approximate surface area is 146 Å². The summed E-state index contributed by atoms with van der Waals surface area (Å²) in [4.78, 5) is 0.674. The standard InChI is InChI=1S/C18H16F2N2O2S/c1-24-14-7-5-13(6-8-14)22-17(11-16(21-22)18(19)20)12-3-9-15(10-4-12)25(2)23/h3-11,18H,1-2H3/t25-/m0/s1. The van der Waals surface area contributed by atoms with Gasteiger partial charge in [-0.15, -0.1) is 0 Å². The minimum absolute atomic E-state index is 0.297. The van der Waals surface area contributed by atoms with Crippen molar-refractivity contribution >= 4 is 10.8 Å². The SMILES string of the molecule is COc1ccc(-n2nc(C(F)F)cc2-c2ccc([S@](C)=O)cc2)cc1. The molecule has 1 heterocycles. The van der Waals surface area contributed by atoms with E-state index in [1.54, 1.807) is 61.9 Å². The summed E-state index contributed by atoms with van der Waals surface area (Å²) in [5.41, 5.74) is 1.60. The summed E-state index contributed by atoms with van der Waals surface area (Å²) in [6, 6.07) is 15.3. The minimum Gasteiger partial charge on any atom is -0.497 e. The van der Waals surface area contributed by atoms with Crippen molar-refractivity contribution in [2.45, 2.75) is 11.3 Å². The van der Waals surface area contributed by atoms with Gasteiger partial charge in [-0.25, -0.2) is 13.5 Å². The van der Waals surface area contributed by atoms with Gasteiger partial charge in [0.05, 0.1) is 18.5 Å². The van der Waals surface area contributed by atoms with E-state index in [-0.39, 0.29) is 5.69 Å². The quantitative estimate of drug-likeness (QED) is 0.682. The molecule has 0 aliphatic heterocycles. The predicted octanol–water partition coefficient (Wildman–Crippen LogP) is 4.22. The molecule has 0 unspecified atom stereocenters. The number of benzene rings is 2. The highest BCUT2D eigenvalue weighted by Gasteiger charge is 2.18. The molecule has 0 amide bonds. The van der Waals surface area contributed by atoms with Gasteiger partial charge in [0.15, 0.2) is 0 Å². The Morgan fingerprint density at radius 2 is 1.72 bits per heavy atom. The van der Waals surface area contributed by atoms with Crippen molar-refractivity contribution in [1.29, 1.82) is 0 Å². The number of hydrogen-bond acceptors (Lipinski definition) is 3. The summed E-state index contributed by atoms with van der Waals surface area (Å²) in [5, 5.41) is 4.04. The van der Waals surface area contributed by atoms with Crippen LogP contribution in [-0.4, -0.2) is 27.4 Å². The predicted molar refractivity (Wildman–Crippen MR) is 92.8 cm³/mol. The lowest BCUT2D eigenvalue weighted by Crippen LogP contribution is -2.00. The second-order valence-electron chi connectivity index (χ2n) is 5.34. The van der Waals surface area contributed by atoms with E-state index in [0.29, 0.717) is 27.6 Å². The fourth-order valence-corrected chi connectivity index (χ4v) is 2.97. The van der Waals surface area contributed by atoms with Crippen molar-refractivity contribution < 1.29 is 17.7 Å². The molecule has 4 nitrogen and oxygen atoms in total. The van der Waals surface area contributed by atoms with Gasteiger partial charge in [-0.2, -0.15) is 5.10 Å². The first-order valence-corrected chi connectivity index (χ1v) is 9.02. The van der Waals surface area contributed by atoms with Gasteiger partial charge in [0.2, 0.25) is 0 Å². The van der Waals surface area contributed by atoms with Gasteiger partial charge >= 0.3 is 0 Å². The zero-order valence-electron chi connectivity index (χ0n) is 13.6. The molecule has 0 N–H and O–H groups in total. The van der Waals surface area contributed by atoms with Crippen molar-refractivity contribution in [3.63, 3.8) is 0 Å². The lowest BCUT2D eigenvalue weighted by atomic mass is 10.1. The zero-order valence-corrected chi connectivity index (χ0v) is 14.5. The molecule has 0 fully saturated rings. The van der Waals surface area contributed by atoms with Crippen LogP contribution in [0.25, 0.3) is 16.9 Å². The Balaban J connectivity index is 2.09. The van der Waals surface area contributed by atoms with Crippen molar-refractivity contribution in [2.24, 2.45) is 0 Å². The Bertz CT molecular complexity index is 890. The molecular weight excluding hydrogens is 346 g/mol. The highest BCUT2D eigenvalue weighted by molar-refractivity contribution is 7.84. The van der Waals surface area contributed by atoms with E-state index in [9.17, 15) is 13.0 Å². The second-order valence-corrected chi connectivity index (χ2v) is 6.72. The number of nitrogens with zero attached hydrogens (tertiary/aromatic N) is 2. The first kappa shape index (κ1) is 17.3. The molecule has 0 bridgehead atoms. The second kappa shape index (κ2) is 7.14. The lowest BCUT2D eigenvalue weighted by molar-refractivity contribution is 0.145. The van der Waals surface area contributed by atoms with E-state index < -0.39 is 17.2 Å². The molecule has 25 heavy (non-hydrogen) atoms. The Morgan fingerprint density at radius 3 is 2.24 bits per heavy atom. The van der Waals surface area contributed by atoms with Crippen LogP contribution in [0.1, 0.15) is 12.1 Å². The number of ether oxygens (including phenoxy) is 1. The molecule has 0 saturated carbocycles. The summed E-state index contributed by atoms with van der Waals surface area (Å²) >= 11 is 0. The maximum absolute atomic E-state index is 13.1. The van der Waals surface area contributed by atoms with Gasteiger partial charge in [0, 0.05) is 27.5 Å². The van der Waals surface area contributed by atoms with Crippen molar-refractivity contribution in [2.75, 3.05) is 13.4 Å². The average molecular weight is 362 g/mol. The van der Waals surface area contributed by atoms with Crippen molar-refractivity contribution in [3.05, 3.63) is 60.3 Å². The summed E-state index contributed by atoms with van der Waals surface area (Å²) in [7, 11) is 0.461. The van der Waals surface area contributed by atoms with Crippen LogP contribution in [0.4, 0.5) is 8.78 Å². The first-order valence-electron chi connectivity index (χ1n) is 7.46. The van der Waals surface area contributed by atoms with Gasteiger partial charge in [-0.3, -0.25) is 4.21 Å². The molecule has 130 valence electrons. The van der Waals surface area contributed by atoms with Gasteiger partial charge in [-0.05, 0) is 42.5 Å². The molecule has 2 aromatic carbocycles. The Kier molecular flexibility index (Phi) is 4.94. The largest absolute Gasteiger partial charge is 0.497 e. The number of alkyl halides is 2. The van der Waals surface area contributed by atoms with Crippen LogP contribution in [0.5, 0.6) is 5.75 Å². The van der Waals surface area contributed by atoms with E-state index in [1.807, 2.05) is 0 Å². The van der Waals surface area contributed by atoms with Crippen molar-refractivity contribution in [3.8, 4) is 22.7 Å². The summed E-state index contributed by atoms with van der Waals surface area (Å²) < 4.78 is 44.4. The fourth-order valence-electron chi connectivity index (χ4n) is 2.45. The van der Waals surface area contributed by atoms with E-state index >= 15 is 0 Å². The lowest BCUT2D eigenvalue weighted by Gasteiger charge is -2.09. The normalized spacial score (nSPS) is 12.4. The summed E-state index contributed by atoms with van der Waals surface area (Å²) in [5.74, 6) is 0.668. The van der Waals surface area contributed by atoms with Gasteiger partial charge < -0.3 is 4.74 Å². The first-order chi connectivity index (χ1) is 12.0. The molecule has 0 radical (unpaired) electrons. The number of hydrogen-bond donors (Lipinski definition) is 0. The van der Waals surface area contributed by atoms with Crippen LogP contribution < -0.4 is 4.74 Å². The number of rotatable bonds is 5. The van der Waals surface area contributed by atoms with Crippen LogP contribution in [-0.2, 0) is 10.8 Å². The van der Waals surface area contributed by atoms with E-state index in [4.69, 9.17) is 4.74 Å². The highest BCUT2D eigenvalue weighted by Crippen LogP contribution is 2.29. The number of halogens is 2. The molecule has 3 aromatic rings. The molecule has 0 saturated heterocycles. The van der Waals surface area contributed by atoms with Crippen LogP contribution >= 0.6 is 0 Å². The molecule has 1 aromatic heterocycles. The summed E-state index contributed by atoms with van der Waals surface area (Å²) in [6.45, 7) is 0. The van der Waals surface area contributed by atoms with E-state index in [0.717, 1.165) is 0 Å². The zero-order chi connectivity index (χ0) is 18.0. The molecule has 0 aliphatic rings.